The van der Waals surface area contributed by atoms with Gasteiger partial charge in [0.2, 0.25) is 5.91 Å². The highest BCUT2D eigenvalue weighted by molar-refractivity contribution is 5.80. The van der Waals surface area contributed by atoms with Crippen molar-refractivity contribution >= 4 is 5.91 Å². The summed E-state index contributed by atoms with van der Waals surface area (Å²) in [4.78, 5) is 12.2. The summed E-state index contributed by atoms with van der Waals surface area (Å²) in [5.41, 5.74) is 6.18. The summed E-state index contributed by atoms with van der Waals surface area (Å²) in [7, 11) is 0. The number of nitrogens with two attached hydrogens (primary N) is 1. The molecule has 1 aliphatic heterocycles. The smallest absolute Gasteiger partial charge is 0.225 e. The Balaban J connectivity index is 1.49. The molecule has 4 heteroatoms. The average Bonchev–Trinajstić information content (AvgIpc) is 2.98. The Hall–Kier alpha value is -0.610. The minimum atomic E-state index is 0.0624. The SMILES string of the molecule is NC1C2CCC(C2)C1C(=O)NCC1CCCCO1. The molecule has 3 fully saturated rings. The van der Waals surface area contributed by atoms with Crippen LogP contribution in [0.2, 0.25) is 0 Å². The summed E-state index contributed by atoms with van der Waals surface area (Å²) < 4.78 is 5.63. The van der Waals surface area contributed by atoms with Crippen molar-refractivity contribution in [2.45, 2.75) is 50.7 Å². The van der Waals surface area contributed by atoms with Crippen LogP contribution < -0.4 is 11.1 Å². The lowest BCUT2D eigenvalue weighted by Gasteiger charge is -2.28. The van der Waals surface area contributed by atoms with Gasteiger partial charge < -0.3 is 15.8 Å². The number of ether oxygens (including phenoxy) is 1. The lowest BCUT2D eigenvalue weighted by atomic mass is 9.84. The van der Waals surface area contributed by atoms with Gasteiger partial charge in [-0.15, -0.1) is 0 Å². The van der Waals surface area contributed by atoms with E-state index in [1.165, 1.54) is 25.7 Å². The molecule has 2 aliphatic carbocycles. The van der Waals surface area contributed by atoms with Crippen LogP contribution in [0, 0.1) is 17.8 Å². The first-order valence-corrected chi connectivity index (χ1v) is 7.40. The molecule has 3 N–H and O–H groups in total. The molecule has 1 heterocycles. The summed E-state index contributed by atoms with van der Waals surface area (Å²) in [6.07, 6.45) is 7.24. The molecule has 5 unspecified atom stereocenters. The Morgan fingerprint density at radius 3 is 2.72 bits per heavy atom. The van der Waals surface area contributed by atoms with Gasteiger partial charge in [-0.3, -0.25) is 4.79 Å². The van der Waals surface area contributed by atoms with Crippen molar-refractivity contribution in [3.8, 4) is 0 Å². The summed E-state index contributed by atoms with van der Waals surface area (Å²) in [5, 5.41) is 3.07. The van der Waals surface area contributed by atoms with E-state index in [1.54, 1.807) is 0 Å². The van der Waals surface area contributed by atoms with Crippen molar-refractivity contribution in [1.82, 2.24) is 5.32 Å². The molecule has 4 nitrogen and oxygen atoms in total. The lowest BCUT2D eigenvalue weighted by molar-refractivity contribution is -0.127. The molecule has 1 saturated heterocycles. The van der Waals surface area contributed by atoms with Crippen LogP contribution in [-0.4, -0.2) is 31.2 Å². The average molecular weight is 252 g/mol. The fourth-order valence-corrected chi connectivity index (χ4v) is 4.03. The Kier molecular flexibility index (Phi) is 3.57. The van der Waals surface area contributed by atoms with Crippen molar-refractivity contribution in [2.75, 3.05) is 13.2 Å². The predicted octanol–water partition coefficient (Wildman–Crippen LogP) is 1.05. The molecule has 0 aromatic carbocycles. The van der Waals surface area contributed by atoms with Crippen LogP contribution in [0.25, 0.3) is 0 Å². The minimum Gasteiger partial charge on any atom is -0.376 e. The second-order valence-electron chi connectivity index (χ2n) is 6.17. The van der Waals surface area contributed by atoms with E-state index >= 15 is 0 Å². The molecule has 3 aliphatic rings. The topological polar surface area (TPSA) is 64.4 Å². The number of hydrogen-bond donors (Lipinski definition) is 2. The highest BCUT2D eigenvalue weighted by Crippen LogP contribution is 2.47. The zero-order valence-corrected chi connectivity index (χ0v) is 10.9. The molecule has 0 radical (unpaired) electrons. The van der Waals surface area contributed by atoms with Gasteiger partial charge in [0.15, 0.2) is 0 Å². The monoisotopic (exact) mass is 252 g/mol. The largest absolute Gasteiger partial charge is 0.376 e. The molecule has 1 amide bonds. The van der Waals surface area contributed by atoms with E-state index in [-0.39, 0.29) is 24.0 Å². The van der Waals surface area contributed by atoms with Gasteiger partial charge in [-0.05, 0) is 50.4 Å². The first-order chi connectivity index (χ1) is 8.75. The number of nitrogens with one attached hydrogen (secondary N) is 1. The van der Waals surface area contributed by atoms with Crippen molar-refractivity contribution < 1.29 is 9.53 Å². The van der Waals surface area contributed by atoms with Crippen LogP contribution >= 0.6 is 0 Å². The maximum Gasteiger partial charge on any atom is 0.225 e. The Bertz CT molecular complexity index is 313. The van der Waals surface area contributed by atoms with Crippen molar-refractivity contribution in [2.24, 2.45) is 23.5 Å². The molecule has 5 atom stereocenters. The summed E-state index contributed by atoms with van der Waals surface area (Å²) in [6, 6.07) is 0.0935. The third-order valence-electron chi connectivity index (χ3n) is 5.06. The number of hydrogen-bond acceptors (Lipinski definition) is 3. The van der Waals surface area contributed by atoms with E-state index in [9.17, 15) is 4.79 Å². The van der Waals surface area contributed by atoms with Crippen LogP contribution in [0.4, 0.5) is 0 Å². The molecule has 0 aromatic rings. The molecule has 3 rings (SSSR count). The number of carbonyl (C=O) groups excluding carboxylic acids is 1. The third-order valence-corrected chi connectivity index (χ3v) is 5.06. The Morgan fingerprint density at radius 2 is 2.06 bits per heavy atom. The maximum atomic E-state index is 12.2. The summed E-state index contributed by atoms with van der Waals surface area (Å²) >= 11 is 0. The van der Waals surface area contributed by atoms with Gasteiger partial charge in [-0.2, -0.15) is 0 Å². The van der Waals surface area contributed by atoms with Crippen LogP contribution in [0.15, 0.2) is 0 Å². The lowest BCUT2D eigenvalue weighted by Crippen LogP contribution is -2.47. The van der Waals surface area contributed by atoms with E-state index in [0.29, 0.717) is 18.4 Å². The number of rotatable bonds is 3. The zero-order chi connectivity index (χ0) is 12.5. The molecule has 2 bridgehead atoms. The third kappa shape index (κ3) is 2.28. The fraction of sp³-hybridized carbons (Fsp3) is 0.929. The van der Waals surface area contributed by atoms with Crippen LogP contribution in [-0.2, 0) is 9.53 Å². The molecule has 0 spiro atoms. The van der Waals surface area contributed by atoms with E-state index in [4.69, 9.17) is 10.5 Å². The highest BCUT2D eigenvalue weighted by atomic mass is 16.5. The Labute approximate surface area is 109 Å². The molecular formula is C14H24N2O2. The predicted molar refractivity (Wildman–Crippen MR) is 68.9 cm³/mol. The normalized spacial score (nSPS) is 43.1. The standard InChI is InChI=1S/C14H24N2O2/c15-13-10-5-4-9(7-10)12(13)14(17)16-8-11-3-1-2-6-18-11/h9-13H,1-8,15H2,(H,16,17). The maximum absolute atomic E-state index is 12.2. The quantitative estimate of drug-likeness (QED) is 0.789. The van der Waals surface area contributed by atoms with E-state index in [2.05, 4.69) is 5.32 Å². The van der Waals surface area contributed by atoms with Gasteiger partial charge in [0, 0.05) is 19.2 Å². The number of amides is 1. The number of carbonyl (C=O) groups is 1. The summed E-state index contributed by atoms with van der Waals surface area (Å²) in [6.45, 7) is 1.51. The van der Waals surface area contributed by atoms with Gasteiger partial charge in [-0.25, -0.2) is 0 Å². The molecule has 102 valence electrons. The molecular weight excluding hydrogens is 228 g/mol. The van der Waals surface area contributed by atoms with E-state index in [0.717, 1.165) is 19.4 Å². The van der Waals surface area contributed by atoms with Crippen molar-refractivity contribution in [3.63, 3.8) is 0 Å². The summed E-state index contributed by atoms with van der Waals surface area (Å²) in [5.74, 6) is 1.37. The minimum absolute atomic E-state index is 0.0624. The second kappa shape index (κ2) is 5.17. The first kappa shape index (κ1) is 12.4. The van der Waals surface area contributed by atoms with Gasteiger partial charge in [0.25, 0.3) is 0 Å². The fourth-order valence-electron chi connectivity index (χ4n) is 4.03. The van der Waals surface area contributed by atoms with E-state index in [1.807, 2.05) is 0 Å². The zero-order valence-electron chi connectivity index (χ0n) is 10.9. The first-order valence-electron chi connectivity index (χ1n) is 7.40. The van der Waals surface area contributed by atoms with Crippen LogP contribution in [0.5, 0.6) is 0 Å². The second-order valence-corrected chi connectivity index (χ2v) is 6.17. The number of fused-ring (bicyclic) bond motifs is 2. The van der Waals surface area contributed by atoms with E-state index < -0.39 is 0 Å². The highest BCUT2D eigenvalue weighted by Gasteiger charge is 2.48. The van der Waals surface area contributed by atoms with Gasteiger partial charge >= 0.3 is 0 Å². The van der Waals surface area contributed by atoms with Gasteiger partial charge in [0.1, 0.15) is 0 Å². The van der Waals surface area contributed by atoms with Crippen LogP contribution in [0.3, 0.4) is 0 Å². The van der Waals surface area contributed by atoms with Gasteiger partial charge in [0.05, 0.1) is 12.0 Å². The van der Waals surface area contributed by atoms with Crippen molar-refractivity contribution in [1.29, 1.82) is 0 Å². The van der Waals surface area contributed by atoms with Gasteiger partial charge in [-0.1, -0.05) is 0 Å². The molecule has 2 saturated carbocycles. The van der Waals surface area contributed by atoms with Crippen molar-refractivity contribution in [3.05, 3.63) is 0 Å². The Morgan fingerprint density at radius 1 is 1.22 bits per heavy atom. The molecule has 0 aromatic heterocycles. The molecule has 18 heavy (non-hydrogen) atoms. The van der Waals surface area contributed by atoms with Crippen LogP contribution in [0.1, 0.15) is 38.5 Å².